The second kappa shape index (κ2) is 6.53. The second-order valence-corrected chi connectivity index (χ2v) is 5.45. The van der Waals surface area contributed by atoms with Crippen molar-refractivity contribution in [1.82, 2.24) is 0 Å². The molecule has 0 aliphatic rings. The van der Waals surface area contributed by atoms with Gasteiger partial charge in [-0.2, -0.15) is 0 Å². The molecular weight excluding hydrogens is 268 g/mol. The number of carbonyl (C=O) groups excluding carboxylic acids is 1. The van der Waals surface area contributed by atoms with Gasteiger partial charge in [-0.05, 0) is 19.1 Å². The van der Waals surface area contributed by atoms with Crippen LogP contribution in [0.2, 0.25) is 0 Å². The maximum Gasteiger partial charge on any atom is 0.307 e. The van der Waals surface area contributed by atoms with Gasteiger partial charge in [0.25, 0.3) is 0 Å². The first kappa shape index (κ1) is 15.5. The molecule has 0 fully saturated rings. The van der Waals surface area contributed by atoms with E-state index in [-0.39, 0.29) is 17.3 Å². The fourth-order valence-corrected chi connectivity index (χ4v) is 2.49. The zero-order valence-electron chi connectivity index (χ0n) is 11.0. The Morgan fingerprint density at radius 1 is 1.37 bits per heavy atom. The fraction of sp³-hybridized carbons (Fsp3) is 0.417. The molecule has 0 aliphatic carbocycles. The van der Waals surface area contributed by atoms with Gasteiger partial charge in [0.05, 0.1) is 19.2 Å². The number of methoxy groups -OCH3 is 1. The maximum atomic E-state index is 11.5. The van der Waals surface area contributed by atoms with Crippen LogP contribution in [0.5, 0.6) is 0 Å². The highest BCUT2D eigenvalue weighted by Crippen LogP contribution is 2.23. The van der Waals surface area contributed by atoms with Crippen molar-refractivity contribution in [3.05, 3.63) is 24.3 Å². The Kier molecular flexibility index (Phi) is 5.31. The van der Waals surface area contributed by atoms with Crippen LogP contribution < -0.4 is 10.0 Å². The summed E-state index contributed by atoms with van der Waals surface area (Å²) in [5, 5.41) is 5.19. The number of esters is 1. The quantitative estimate of drug-likeness (QED) is 0.778. The summed E-state index contributed by atoms with van der Waals surface area (Å²) < 4.78 is 27.6. The number of rotatable bonds is 6. The number of ether oxygens (including phenoxy) is 1. The highest BCUT2D eigenvalue weighted by Gasteiger charge is 2.17. The van der Waals surface area contributed by atoms with Crippen LogP contribution in [0.1, 0.15) is 13.3 Å². The Morgan fingerprint density at radius 2 is 2.00 bits per heavy atom. The SMILES string of the molecule is CCN(CCC(=O)OC)c1ccccc1S(N)(=O)=O. The molecule has 0 unspecified atom stereocenters. The molecule has 0 radical (unpaired) electrons. The highest BCUT2D eigenvalue weighted by molar-refractivity contribution is 7.89. The average molecular weight is 286 g/mol. The molecule has 7 heteroatoms. The molecule has 2 N–H and O–H groups in total. The number of carbonyl (C=O) groups is 1. The van der Waals surface area contributed by atoms with E-state index in [1.807, 2.05) is 6.92 Å². The summed E-state index contributed by atoms with van der Waals surface area (Å²) in [5.74, 6) is -0.341. The molecule has 0 heterocycles. The van der Waals surface area contributed by atoms with Crippen molar-refractivity contribution in [3.8, 4) is 0 Å². The maximum absolute atomic E-state index is 11.5. The first-order chi connectivity index (χ1) is 8.90. The first-order valence-corrected chi connectivity index (χ1v) is 7.38. The fourth-order valence-electron chi connectivity index (χ4n) is 1.74. The normalized spacial score (nSPS) is 11.1. The molecule has 0 bridgehead atoms. The number of benzene rings is 1. The van der Waals surface area contributed by atoms with E-state index in [0.717, 1.165) is 0 Å². The van der Waals surface area contributed by atoms with Crippen molar-refractivity contribution < 1.29 is 17.9 Å². The van der Waals surface area contributed by atoms with E-state index in [1.54, 1.807) is 23.1 Å². The summed E-state index contributed by atoms with van der Waals surface area (Å²) in [6.45, 7) is 2.80. The smallest absolute Gasteiger partial charge is 0.307 e. The topological polar surface area (TPSA) is 89.7 Å². The van der Waals surface area contributed by atoms with Crippen molar-refractivity contribution in [2.75, 3.05) is 25.1 Å². The van der Waals surface area contributed by atoms with Crippen LogP contribution in [0.4, 0.5) is 5.69 Å². The third kappa shape index (κ3) is 4.22. The zero-order valence-corrected chi connectivity index (χ0v) is 11.8. The number of para-hydroxylation sites is 1. The van der Waals surface area contributed by atoms with Gasteiger partial charge in [0.1, 0.15) is 4.90 Å². The van der Waals surface area contributed by atoms with Crippen molar-refractivity contribution >= 4 is 21.7 Å². The van der Waals surface area contributed by atoms with Gasteiger partial charge in [-0.1, -0.05) is 12.1 Å². The Hall–Kier alpha value is -1.60. The molecule has 0 spiro atoms. The van der Waals surface area contributed by atoms with Crippen LogP contribution in [-0.4, -0.2) is 34.6 Å². The molecule has 0 saturated heterocycles. The molecule has 0 saturated carbocycles. The summed E-state index contributed by atoms with van der Waals surface area (Å²) in [5.41, 5.74) is 0.497. The third-order valence-corrected chi connectivity index (χ3v) is 3.67. The number of hydrogen-bond acceptors (Lipinski definition) is 5. The Bertz CT molecular complexity index is 542. The van der Waals surface area contributed by atoms with Crippen LogP contribution in [0, 0.1) is 0 Å². The summed E-state index contributed by atoms with van der Waals surface area (Å²) in [7, 11) is -2.47. The Balaban J connectivity index is 3.02. The minimum Gasteiger partial charge on any atom is -0.469 e. The number of sulfonamides is 1. The lowest BCUT2D eigenvalue weighted by atomic mass is 10.2. The Labute approximate surface area is 113 Å². The largest absolute Gasteiger partial charge is 0.469 e. The lowest BCUT2D eigenvalue weighted by Gasteiger charge is -2.24. The van der Waals surface area contributed by atoms with Crippen molar-refractivity contribution in [3.63, 3.8) is 0 Å². The van der Waals surface area contributed by atoms with E-state index in [2.05, 4.69) is 4.74 Å². The summed E-state index contributed by atoms with van der Waals surface area (Å²) in [6, 6.07) is 6.45. The number of hydrogen-bond donors (Lipinski definition) is 1. The summed E-state index contributed by atoms with van der Waals surface area (Å²) >= 11 is 0. The van der Waals surface area contributed by atoms with E-state index >= 15 is 0 Å². The van der Waals surface area contributed by atoms with Gasteiger partial charge in [-0.15, -0.1) is 0 Å². The molecule has 1 aromatic rings. The highest BCUT2D eigenvalue weighted by atomic mass is 32.2. The third-order valence-electron chi connectivity index (χ3n) is 2.71. The minimum atomic E-state index is -3.79. The molecule has 1 aromatic carbocycles. The van der Waals surface area contributed by atoms with Gasteiger partial charge >= 0.3 is 5.97 Å². The van der Waals surface area contributed by atoms with Crippen molar-refractivity contribution in [1.29, 1.82) is 0 Å². The zero-order chi connectivity index (χ0) is 14.5. The molecule has 19 heavy (non-hydrogen) atoms. The number of nitrogens with two attached hydrogens (primary N) is 1. The molecule has 106 valence electrons. The second-order valence-electron chi connectivity index (χ2n) is 3.92. The van der Waals surface area contributed by atoms with Crippen LogP contribution in [0.15, 0.2) is 29.2 Å². The van der Waals surface area contributed by atoms with E-state index in [9.17, 15) is 13.2 Å². The summed E-state index contributed by atoms with van der Waals surface area (Å²) in [6.07, 6.45) is 0.184. The standard InChI is InChI=1S/C12H18N2O4S/c1-3-14(9-8-12(15)18-2)10-6-4-5-7-11(10)19(13,16)17/h4-7H,3,8-9H2,1-2H3,(H2,13,16,17). The van der Waals surface area contributed by atoms with Crippen molar-refractivity contribution in [2.45, 2.75) is 18.2 Å². The molecular formula is C12H18N2O4S. The van der Waals surface area contributed by atoms with Gasteiger partial charge in [0, 0.05) is 13.1 Å². The summed E-state index contributed by atoms with van der Waals surface area (Å²) in [4.78, 5) is 13.0. The van der Waals surface area contributed by atoms with E-state index in [4.69, 9.17) is 5.14 Å². The van der Waals surface area contributed by atoms with Crippen molar-refractivity contribution in [2.24, 2.45) is 5.14 Å². The van der Waals surface area contributed by atoms with Crippen LogP contribution in [0.25, 0.3) is 0 Å². The number of primary sulfonamides is 1. The van der Waals surface area contributed by atoms with Gasteiger partial charge in [0.15, 0.2) is 0 Å². The monoisotopic (exact) mass is 286 g/mol. The average Bonchev–Trinajstić information content (AvgIpc) is 2.38. The van der Waals surface area contributed by atoms with E-state index < -0.39 is 10.0 Å². The lowest BCUT2D eigenvalue weighted by Crippen LogP contribution is -2.28. The predicted octanol–water partition coefficient (Wildman–Crippen LogP) is 0.723. The molecule has 0 aromatic heterocycles. The Morgan fingerprint density at radius 3 is 2.53 bits per heavy atom. The van der Waals surface area contributed by atoms with Crippen LogP contribution in [0.3, 0.4) is 0 Å². The molecule has 1 rings (SSSR count). The predicted molar refractivity (Wildman–Crippen MR) is 72.3 cm³/mol. The minimum absolute atomic E-state index is 0.0571. The molecule has 0 aliphatic heterocycles. The number of nitrogens with zero attached hydrogens (tertiary/aromatic N) is 1. The van der Waals surface area contributed by atoms with Gasteiger partial charge in [0.2, 0.25) is 10.0 Å². The van der Waals surface area contributed by atoms with Gasteiger partial charge in [-0.3, -0.25) is 4.79 Å². The molecule has 6 nitrogen and oxygen atoms in total. The first-order valence-electron chi connectivity index (χ1n) is 5.83. The van der Waals surface area contributed by atoms with Crippen LogP contribution >= 0.6 is 0 Å². The number of anilines is 1. The molecule has 0 atom stereocenters. The molecule has 0 amide bonds. The van der Waals surface area contributed by atoms with Crippen LogP contribution in [-0.2, 0) is 19.6 Å². The lowest BCUT2D eigenvalue weighted by molar-refractivity contribution is -0.140. The van der Waals surface area contributed by atoms with Gasteiger partial charge in [-0.25, -0.2) is 13.6 Å². The van der Waals surface area contributed by atoms with E-state index in [0.29, 0.717) is 18.8 Å². The van der Waals surface area contributed by atoms with Gasteiger partial charge < -0.3 is 9.64 Å². The van der Waals surface area contributed by atoms with E-state index in [1.165, 1.54) is 13.2 Å².